The van der Waals surface area contributed by atoms with Gasteiger partial charge in [0, 0.05) is 6.04 Å². The van der Waals surface area contributed by atoms with E-state index in [1.807, 2.05) is 13.0 Å². The maximum Gasteiger partial charge on any atom is 0.234 e. The Hall–Kier alpha value is -1.08. The van der Waals surface area contributed by atoms with Crippen LogP contribution in [0.1, 0.15) is 26.2 Å². The molecule has 0 heterocycles. The first-order valence-corrected chi connectivity index (χ1v) is 5.09. The van der Waals surface area contributed by atoms with Gasteiger partial charge in [-0.3, -0.25) is 4.79 Å². The molecule has 1 aliphatic rings. The highest BCUT2D eigenvalue weighted by Crippen LogP contribution is 2.27. The average Bonchev–Trinajstić information content (AvgIpc) is 2.88. The van der Waals surface area contributed by atoms with Gasteiger partial charge in [-0.05, 0) is 32.2 Å². The lowest BCUT2D eigenvalue weighted by atomic mass is 10.2. The zero-order chi connectivity index (χ0) is 10.4. The van der Waals surface area contributed by atoms with E-state index in [4.69, 9.17) is 5.26 Å². The van der Waals surface area contributed by atoms with Crippen molar-refractivity contribution in [2.24, 2.45) is 5.92 Å². The van der Waals surface area contributed by atoms with Gasteiger partial charge in [0.05, 0.1) is 19.0 Å². The number of hydrogen-bond acceptors (Lipinski definition) is 3. The monoisotopic (exact) mass is 195 g/mol. The molecular weight excluding hydrogens is 178 g/mol. The smallest absolute Gasteiger partial charge is 0.234 e. The molecule has 0 saturated heterocycles. The van der Waals surface area contributed by atoms with Crippen LogP contribution in [0.4, 0.5) is 0 Å². The van der Waals surface area contributed by atoms with Crippen molar-refractivity contribution >= 4 is 5.91 Å². The van der Waals surface area contributed by atoms with E-state index >= 15 is 0 Å². The van der Waals surface area contributed by atoms with Crippen molar-refractivity contribution in [1.82, 2.24) is 10.6 Å². The Morgan fingerprint density at radius 1 is 1.64 bits per heavy atom. The quantitative estimate of drug-likeness (QED) is 0.645. The first-order chi connectivity index (χ1) is 6.72. The van der Waals surface area contributed by atoms with E-state index < -0.39 is 0 Å². The van der Waals surface area contributed by atoms with E-state index in [1.165, 1.54) is 12.8 Å². The predicted octanol–water partition coefficient (Wildman–Crippen LogP) is 0.404. The Morgan fingerprint density at radius 2 is 2.36 bits per heavy atom. The molecule has 2 N–H and O–H groups in total. The van der Waals surface area contributed by atoms with Gasteiger partial charge in [0.15, 0.2) is 0 Å². The molecule has 4 nitrogen and oxygen atoms in total. The fraction of sp³-hybridized carbons (Fsp3) is 0.800. The van der Waals surface area contributed by atoms with Crippen LogP contribution in [-0.4, -0.2) is 25.0 Å². The molecule has 1 atom stereocenters. The van der Waals surface area contributed by atoms with Gasteiger partial charge in [0.2, 0.25) is 5.91 Å². The second-order valence-electron chi connectivity index (χ2n) is 3.91. The molecule has 1 rings (SSSR count). The maximum atomic E-state index is 11.2. The van der Waals surface area contributed by atoms with E-state index in [1.54, 1.807) is 0 Å². The van der Waals surface area contributed by atoms with Crippen molar-refractivity contribution < 1.29 is 4.79 Å². The summed E-state index contributed by atoms with van der Waals surface area (Å²) in [6.07, 6.45) is 2.95. The number of carbonyl (C=O) groups is 1. The standard InChI is InChI=1S/C10H17N3O/c1-8(4-5-11)13-10(14)7-12-6-9-2-3-9/h8-9,12H,2-4,6-7H2,1H3,(H,13,14). The van der Waals surface area contributed by atoms with E-state index in [0.717, 1.165) is 12.5 Å². The highest BCUT2D eigenvalue weighted by Gasteiger charge is 2.20. The highest BCUT2D eigenvalue weighted by atomic mass is 16.1. The normalized spacial score (nSPS) is 17.1. The molecule has 0 aliphatic heterocycles. The molecule has 0 aromatic rings. The Labute approximate surface area is 84.7 Å². The van der Waals surface area contributed by atoms with Crippen molar-refractivity contribution in [3.05, 3.63) is 0 Å². The van der Waals surface area contributed by atoms with Gasteiger partial charge in [-0.2, -0.15) is 5.26 Å². The van der Waals surface area contributed by atoms with Crippen molar-refractivity contribution in [1.29, 1.82) is 5.26 Å². The molecule has 1 fully saturated rings. The van der Waals surface area contributed by atoms with Crippen LogP contribution in [0.2, 0.25) is 0 Å². The molecule has 78 valence electrons. The second kappa shape index (κ2) is 5.61. The number of amides is 1. The van der Waals surface area contributed by atoms with E-state index in [-0.39, 0.29) is 11.9 Å². The zero-order valence-electron chi connectivity index (χ0n) is 8.55. The van der Waals surface area contributed by atoms with Gasteiger partial charge in [0.1, 0.15) is 0 Å². The number of nitrogens with zero attached hydrogens (tertiary/aromatic N) is 1. The third kappa shape index (κ3) is 4.83. The Bertz CT molecular complexity index is 230. The second-order valence-corrected chi connectivity index (χ2v) is 3.91. The molecular formula is C10H17N3O. The fourth-order valence-corrected chi connectivity index (χ4v) is 1.23. The predicted molar refractivity (Wildman–Crippen MR) is 53.4 cm³/mol. The largest absolute Gasteiger partial charge is 0.352 e. The average molecular weight is 195 g/mol. The molecule has 0 radical (unpaired) electrons. The summed E-state index contributed by atoms with van der Waals surface area (Å²) in [7, 11) is 0. The van der Waals surface area contributed by atoms with Crippen molar-refractivity contribution in [2.45, 2.75) is 32.2 Å². The van der Waals surface area contributed by atoms with Crippen LogP contribution in [0.25, 0.3) is 0 Å². The van der Waals surface area contributed by atoms with Crippen molar-refractivity contribution in [3.8, 4) is 6.07 Å². The number of nitrogens with one attached hydrogen (secondary N) is 2. The Kier molecular flexibility index (Phi) is 4.41. The van der Waals surface area contributed by atoms with Gasteiger partial charge in [-0.15, -0.1) is 0 Å². The van der Waals surface area contributed by atoms with Gasteiger partial charge in [-0.1, -0.05) is 0 Å². The van der Waals surface area contributed by atoms with Gasteiger partial charge in [0.25, 0.3) is 0 Å². The molecule has 1 aliphatic carbocycles. The summed E-state index contributed by atoms with van der Waals surface area (Å²) >= 11 is 0. The topological polar surface area (TPSA) is 64.9 Å². The summed E-state index contributed by atoms with van der Waals surface area (Å²) in [5, 5.41) is 14.2. The van der Waals surface area contributed by atoms with Crippen LogP contribution in [0, 0.1) is 17.2 Å². The van der Waals surface area contributed by atoms with Crippen LogP contribution in [-0.2, 0) is 4.79 Å². The van der Waals surface area contributed by atoms with E-state index in [9.17, 15) is 4.79 Å². The zero-order valence-corrected chi connectivity index (χ0v) is 8.55. The molecule has 4 heteroatoms. The molecule has 14 heavy (non-hydrogen) atoms. The lowest BCUT2D eigenvalue weighted by molar-refractivity contribution is -0.120. The molecule has 0 spiro atoms. The minimum absolute atomic E-state index is 0.0200. The van der Waals surface area contributed by atoms with Crippen LogP contribution in [0.5, 0.6) is 0 Å². The molecule has 0 bridgehead atoms. The minimum Gasteiger partial charge on any atom is -0.352 e. The van der Waals surface area contributed by atoms with Crippen LogP contribution < -0.4 is 10.6 Å². The van der Waals surface area contributed by atoms with Crippen LogP contribution in [0.15, 0.2) is 0 Å². The van der Waals surface area contributed by atoms with E-state index in [2.05, 4.69) is 10.6 Å². The third-order valence-corrected chi connectivity index (χ3v) is 2.22. The summed E-state index contributed by atoms with van der Waals surface area (Å²) in [5.74, 6) is 0.771. The van der Waals surface area contributed by atoms with Gasteiger partial charge in [-0.25, -0.2) is 0 Å². The number of nitriles is 1. The third-order valence-electron chi connectivity index (χ3n) is 2.22. The number of hydrogen-bond donors (Lipinski definition) is 2. The van der Waals surface area contributed by atoms with Crippen molar-refractivity contribution in [2.75, 3.05) is 13.1 Å². The number of rotatable bonds is 6. The lowest BCUT2D eigenvalue weighted by Gasteiger charge is -2.10. The highest BCUT2D eigenvalue weighted by molar-refractivity contribution is 5.78. The van der Waals surface area contributed by atoms with Crippen LogP contribution in [0.3, 0.4) is 0 Å². The van der Waals surface area contributed by atoms with Crippen LogP contribution >= 0.6 is 0 Å². The Balaban J connectivity index is 1.99. The molecule has 1 unspecified atom stereocenters. The Morgan fingerprint density at radius 3 is 2.93 bits per heavy atom. The van der Waals surface area contributed by atoms with Gasteiger partial charge < -0.3 is 10.6 Å². The van der Waals surface area contributed by atoms with Crippen molar-refractivity contribution in [3.63, 3.8) is 0 Å². The molecule has 0 aromatic heterocycles. The summed E-state index contributed by atoms with van der Waals surface area (Å²) in [5.41, 5.74) is 0. The summed E-state index contributed by atoms with van der Waals surface area (Å²) in [6, 6.07) is 1.98. The molecule has 1 amide bonds. The number of carbonyl (C=O) groups excluding carboxylic acids is 1. The first-order valence-electron chi connectivity index (χ1n) is 5.09. The maximum absolute atomic E-state index is 11.2. The lowest BCUT2D eigenvalue weighted by Crippen LogP contribution is -2.39. The SMILES string of the molecule is CC(CC#N)NC(=O)CNCC1CC1. The van der Waals surface area contributed by atoms with E-state index in [0.29, 0.717) is 13.0 Å². The molecule has 1 saturated carbocycles. The summed E-state index contributed by atoms with van der Waals surface area (Å²) < 4.78 is 0. The minimum atomic E-state index is -0.0461. The first kappa shape index (κ1) is 11.0. The fourth-order valence-electron chi connectivity index (χ4n) is 1.23. The van der Waals surface area contributed by atoms with Gasteiger partial charge >= 0.3 is 0 Å². The summed E-state index contributed by atoms with van der Waals surface area (Å²) in [6.45, 7) is 3.15. The molecule has 0 aromatic carbocycles. The summed E-state index contributed by atoms with van der Waals surface area (Å²) in [4.78, 5) is 11.2.